The molecule has 1 fully saturated rings. The van der Waals surface area contributed by atoms with E-state index >= 15 is 0 Å². The van der Waals surface area contributed by atoms with E-state index in [1.54, 1.807) is 14.2 Å². The molecule has 6 heteroatoms. The third kappa shape index (κ3) is 5.53. The third-order valence-electron chi connectivity index (χ3n) is 4.92. The van der Waals surface area contributed by atoms with Gasteiger partial charge in [0.25, 0.3) is 0 Å². The number of ether oxygens (including phenoxy) is 3. The number of hydrogen-bond donors (Lipinski definition) is 2. The van der Waals surface area contributed by atoms with Crippen molar-refractivity contribution in [3.05, 3.63) is 48.0 Å². The summed E-state index contributed by atoms with van der Waals surface area (Å²) in [5, 5.41) is 12.5. The highest BCUT2D eigenvalue weighted by Gasteiger charge is 2.20. The number of aliphatic hydroxyl groups is 1. The highest BCUT2D eigenvalue weighted by Crippen LogP contribution is 2.30. The molecule has 0 amide bonds. The van der Waals surface area contributed by atoms with E-state index in [1.807, 2.05) is 30.3 Å². The summed E-state index contributed by atoms with van der Waals surface area (Å²) in [6, 6.07) is 14.4. The molecule has 0 aromatic heterocycles. The lowest BCUT2D eigenvalue weighted by atomic mass is 10.0. The molecule has 2 aromatic carbocycles. The number of anilines is 1. The van der Waals surface area contributed by atoms with Gasteiger partial charge < -0.3 is 24.6 Å². The first-order valence-electron chi connectivity index (χ1n) is 9.75. The van der Waals surface area contributed by atoms with Gasteiger partial charge >= 0.3 is 0 Å². The number of aliphatic hydroxyl groups excluding tert-OH is 1. The van der Waals surface area contributed by atoms with Gasteiger partial charge in [-0.3, -0.25) is 4.90 Å². The zero-order valence-corrected chi connectivity index (χ0v) is 16.7. The molecular formula is C22H30N2O4. The second-order valence-corrected chi connectivity index (χ2v) is 7.01. The van der Waals surface area contributed by atoms with Gasteiger partial charge in [-0.25, -0.2) is 0 Å². The molecule has 3 rings (SSSR count). The summed E-state index contributed by atoms with van der Waals surface area (Å²) >= 11 is 0. The minimum atomic E-state index is 0.0276. The second kappa shape index (κ2) is 10.2. The molecule has 0 bridgehead atoms. The van der Waals surface area contributed by atoms with Crippen LogP contribution in [0.1, 0.15) is 18.4 Å². The van der Waals surface area contributed by atoms with Crippen LogP contribution in [0.2, 0.25) is 0 Å². The van der Waals surface area contributed by atoms with E-state index in [4.69, 9.17) is 19.3 Å². The van der Waals surface area contributed by atoms with Crippen LogP contribution in [0.5, 0.6) is 17.2 Å². The molecule has 1 aliphatic rings. The van der Waals surface area contributed by atoms with Gasteiger partial charge in [0.1, 0.15) is 12.4 Å². The van der Waals surface area contributed by atoms with Crippen LogP contribution in [0, 0.1) is 0 Å². The minimum Gasteiger partial charge on any atom is -0.493 e. The largest absolute Gasteiger partial charge is 0.493 e. The van der Waals surface area contributed by atoms with E-state index in [2.05, 4.69) is 22.3 Å². The van der Waals surface area contributed by atoms with Crippen molar-refractivity contribution in [1.82, 2.24) is 4.90 Å². The smallest absolute Gasteiger partial charge is 0.162 e. The van der Waals surface area contributed by atoms with E-state index < -0.39 is 0 Å². The molecule has 0 radical (unpaired) electrons. The van der Waals surface area contributed by atoms with Gasteiger partial charge in [-0.1, -0.05) is 12.1 Å². The topological polar surface area (TPSA) is 63.2 Å². The van der Waals surface area contributed by atoms with Gasteiger partial charge in [0.2, 0.25) is 0 Å². The van der Waals surface area contributed by atoms with Gasteiger partial charge in [0.15, 0.2) is 11.5 Å². The SMILES string of the molecule is COc1ccc(NC2CCCN(Cc3cccc(OCCO)c3)C2)cc1OC. The molecule has 1 heterocycles. The Morgan fingerprint density at radius 3 is 2.75 bits per heavy atom. The summed E-state index contributed by atoms with van der Waals surface area (Å²) in [4.78, 5) is 2.47. The number of piperidine rings is 1. The molecule has 1 saturated heterocycles. The molecular weight excluding hydrogens is 356 g/mol. The van der Waals surface area contributed by atoms with Crippen LogP contribution < -0.4 is 19.5 Å². The Kier molecular flexibility index (Phi) is 7.39. The third-order valence-corrected chi connectivity index (χ3v) is 4.92. The Labute approximate surface area is 167 Å². The molecule has 0 spiro atoms. The van der Waals surface area contributed by atoms with Crippen molar-refractivity contribution < 1.29 is 19.3 Å². The van der Waals surface area contributed by atoms with E-state index in [1.165, 1.54) is 5.56 Å². The lowest BCUT2D eigenvalue weighted by molar-refractivity contribution is 0.199. The molecule has 2 N–H and O–H groups in total. The fourth-order valence-corrected chi connectivity index (χ4v) is 3.63. The van der Waals surface area contributed by atoms with E-state index in [0.717, 1.165) is 55.4 Å². The van der Waals surface area contributed by atoms with Crippen molar-refractivity contribution in [1.29, 1.82) is 0 Å². The molecule has 152 valence electrons. The molecule has 2 aromatic rings. The van der Waals surface area contributed by atoms with Crippen LogP contribution in [0.15, 0.2) is 42.5 Å². The summed E-state index contributed by atoms with van der Waals surface area (Å²) in [6.45, 7) is 3.31. The van der Waals surface area contributed by atoms with Gasteiger partial charge in [-0.05, 0) is 49.2 Å². The lowest BCUT2D eigenvalue weighted by Crippen LogP contribution is -2.41. The van der Waals surface area contributed by atoms with Crippen molar-refractivity contribution in [2.45, 2.75) is 25.4 Å². The molecule has 28 heavy (non-hydrogen) atoms. The first-order chi connectivity index (χ1) is 13.7. The van der Waals surface area contributed by atoms with Crippen LogP contribution in [0.3, 0.4) is 0 Å². The number of nitrogens with one attached hydrogen (secondary N) is 1. The minimum absolute atomic E-state index is 0.0276. The van der Waals surface area contributed by atoms with E-state index in [0.29, 0.717) is 12.6 Å². The van der Waals surface area contributed by atoms with Crippen molar-refractivity contribution in [2.75, 3.05) is 45.8 Å². The molecule has 0 aliphatic carbocycles. The number of likely N-dealkylation sites (tertiary alicyclic amines) is 1. The normalized spacial score (nSPS) is 17.2. The number of benzene rings is 2. The van der Waals surface area contributed by atoms with E-state index in [-0.39, 0.29) is 6.61 Å². The van der Waals surface area contributed by atoms with Crippen LogP contribution in [0.25, 0.3) is 0 Å². The Balaban J connectivity index is 1.58. The van der Waals surface area contributed by atoms with Gasteiger partial charge in [0, 0.05) is 30.9 Å². The molecule has 1 aliphatic heterocycles. The van der Waals surface area contributed by atoms with Crippen LogP contribution >= 0.6 is 0 Å². The Hall–Kier alpha value is -2.44. The molecule has 6 nitrogen and oxygen atoms in total. The highest BCUT2D eigenvalue weighted by molar-refractivity contribution is 5.55. The second-order valence-electron chi connectivity index (χ2n) is 7.01. The monoisotopic (exact) mass is 386 g/mol. The molecule has 1 unspecified atom stereocenters. The fourth-order valence-electron chi connectivity index (χ4n) is 3.63. The van der Waals surface area contributed by atoms with Crippen LogP contribution in [0.4, 0.5) is 5.69 Å². The number of hydrogen-bond acceptors (Lipinski definition) is 6. The van der Waals surface area contributed by atoms with Crippen molar-refractivity contribution in [3.8, 4) is 17.2 Å². The number of rotatable bonds is 9. The van der Waals surface area contributed by atoms with Crippen molar-refractivity contribution >= 4 is 5.69 Å². The Morgan fingerprint density at radius 1 is 1.11 bits per heavy atom. The quantitative estimate of drug-likeness (QED) is 0.690. The maximum atomic E-state index is 8.92. The van der Waals surface area contributed by atoms with E-state index in [9.17, 15) is 0 Å². The maximum absolute atomic E-state index is 8.92. The van der Waals surface area contributed by atoms with Crippen molar-refractivity contribution in [3.63, 3.8) is 0 Å². The zero-order chi connectivity index (χ0) is 19.8. The number of methoxy groups -OCH3 is 2. The highest BCUT2D eigenvalue weighted by atomic mass is 16.5. The van der Waals surface area contributed by atoms with Gasteiger partial charge in [0.05, 0.1) is 20.8 Å². The maximum Gasteiger partial charge on any atom is 0.162 e. The molecule has 1 atom stereocenters. The first kappa shape index (κ1) is 20.3. The van der Waals surface area contributed by atoms with Crippen LogP contribution in [-0.2, 0) is 6.54 Å². The number of nitrogens with zero attached hydrogens (tertiary/aromatic N) is 1. The summed E-state index contributed by atoms with van der Waals surface area (Å²) in [7, 11) is 3.30. The van der Waals surface area contributed by atoms with Crippen LogP contribution in [-0.4, -0.2) is 56.6 Å². The van der Waals surface area contributed by atoms with Gasteiger partial charge in [-0.2, -0.15) is 0 Å². The van der Waals surface area contributed by atoms with Crippen molar-refractivity contribution in [2.24, 2.45) is 0 Å². The summed E-state index contributed by atoms with van der Waals surface area (Å²) in [5.74, 6) is 2.28. The first-order valence-corrected chi connectivity index (χ1v) is 9.75. The predicted octanol–water partition coefficient (Wildman–Crippen LogP) is 3.15. The Bertz CT molecular complexity index is 753. The summed E-state index contributed by atoms with van der Waals surface area (Å²) in [6.07, 6.45) is 2.30. The summed E-state index contributed by atoms with van der Waals surface area (Å²) < 4.78 is 16.2. The lowest BCUT2D eigenvalue weighted by Gasteiger charge is -2.33. The standard InChI is InChI=1S/C22H30N2O4/c1-26-21-9-8-18(14-22(21)27-2)23-19-6-4-10-24(16-19)15-17-5-3-7-20(13-17)28-12-11-25/h3,5,7-9,13-14,19,23,25H,4,6,10-12,15-16H2,1-2H3. The van der Waals surface area contributed by atoms with Gasteiger partial charge in [-0.15, -0.1) is 0 Å². The fraction of sp³-hybridized carbons (Fsp3) is 0.455. The average Bonchev–Trinajstić information content (AvgIpc) is 2.72. The predicted molar refractivity (Wildman–Crippen MR) is 110 cm³/mol. The Morgan fingerprint density at radius 2 is 1.96 bits per heavy atom. The summed E-state index contributed by atoms with van der Waals surface area (Å²) in [5.41, 5.74) is 2.27. The zero-order valence-electron chi connectivity index (χ0n) is 16.7. The average molecular weight is 386 g/mol. The molecule has 0 saturated carbocycles.